The summed E-state index contributed by atoms with van der Waals surface area (Å²) in [5.41, 5.74) is 4.19. The van der Waals surface area contributed by atoms with Crippen molar-refractivity contribution in [3.05, 3.63) is 52.8 Å². The molecule has 1 heterocycles. The summed E-state index contributed by atoms with van der Waals surface area (Å²) in [6.07, 6.45) is 1.80. The first kappa shape index (κ1) is 15.5. The summed E-state index contributed by atoms with van der Waals surface area (Å²) >= 11 is 0. The van der Waals surface area contributed by atoms with Crippen LogP contribution in [0.15, 0.2) is 30.3 Å². The maximum absolute atomic E-state index is 12.4. The van der Waals surface area contributed by atoms with Gasteiger partial charge in [-0.05, 0) is 30.4 Å². The van der Waals surface area contributed by atoms with Crippen LogP contribution < -0.4 is 0 Å². The molecule has 0 saturated carbocycles. The maximum atomic E-state index is 12.4. The van der Waals surface area contributed by atoms with Crippen LogP contribution in [0.25, 0.3) is 0 Å². The predicted octanol–water partition coefficient (Wildman–Crippen LogP) is 4.01. The van der Waals surface area contributed by atoms with Gasteiger partial charge in [0.2, 0.25) is 0 Å². The van der Waals surface area contributed by atoms with Crippen molar-refractivity contribution >= 4 is 5.78 Å². The first-order valence-corrected chi connectivity index (χ1v) is 7.73. The monoisotopic (exact) mass is 284 g/mol. The highest BCUT2D eigenvalue weighted by atomic mass is 16.1. The number of nitrogens with zero attached hydrogens (tertiary/aromatic N) is 2. The first-order valence-electron chi connectivity index (χ1n) is 7.73. The maximum Gasteiger partial charge on any atom is 0.184 e. The summed E-state index contributed by atoms with van der Waals surface area (Å²) in [5.74, 6) is 0.602. The zero-order chi connectivity index (χ0) is 15.4. The summed E-state index contributed by atoms with van der Waals surface area (Å²) in [7, 11) is 0. The van der Waals surface area contributed by atoms with E-state index in [9.17, 15) is 4.79 Å². The number of hydrogen-bond donors (Lipinski definition) is 0. The third-order valence-corrected chi connectivity index (χ3v) is 3.83. The Kier molecular flexibility index (Phi) is 4.94. The van der Waals surface area contributed by atoms with Gasteiger partial charge in [-0.15, -0.1) is 0 Å². The minimum Gasteiger partial charge on any atom is -0.292 e. The number of carbonyl (C=O) groups excluding carboxylic acids is 1. The van der Waals surface area contributed by atoms with E-state index >= 15 is 0 Å². The number of Topliss-reactive ketones (excluding diaryl/α,β-unsaturated/α-hetero) is 1. The summed E-state index contributed by atoms with van der Waals surface area (Å²) in [6, 6.07) is 10.0. The van der Waals surface area contributed by atoms with E-state index in [2.05, 4.69) is 38.9 Å². The lowest BCUT2D eigenvalue weighted by Gasteiger charge is -2.08. The molecular formula is C18H24N2O. The second kappa shape index (κ2) is 6.70. The molecule has 21 heavy (non-hydrogen) atoms. The van der Waals surface area contributed by atoms with Crippen LogP contribution in [-0.2, 0) is 19.4 Å². The van der Waals surface area contributed by atoms with Gasteiger partial charge in [-0.3, -0.25) is 9.48 Å². The van der Waals surface area contributed by atoms with Gasteiger partial charge in [0.15, 0.2) is 5.78 Å². The molecule has 1 aromatic carbocycles. The highest BCUT2D eigenvalue weighted by molar-refractivity contribution is 5.95. The van der Waals surface area contributed by atoms with E-state index in [0.717, 1.165) is 29.8 Å². The van der Waals surface area contributed by atoms with Gasteiger partial charge in [-0.25, -0.2) is 0 Å². The van der Waals surface area contributed by atoms with Gasteiger partial charge in [0.1, 0.15) is 6.54 Å². The van der Waals surface area contributed by atoms with E-state index in [1.165, 1.54) is 5.56 Å². The molecule has 0 bridgehead atoms. The van der Waals surface area contributed by atoms with Crippen LogP contribution in [0.2, 0.25) is 0 Å². The van der Waals surface area contributed by atoms with Crippen molar-refractivity contribution in [3.63, 3.8) is 0 Å². The molecule has 2 aromatic rings. The van der Waals surface area contributed by atoms with Gasteiger partial charge in [0.25, 0.3) is 0 Å². The van der Waals surface area contributed by atoms with Crippen molar-refractivity contribution in [2.45, 2.75) is 53.0 Å². The number of ketones is 1. The number of hydrogen-bond acceptors (Lipinski definition) is 2. The van der Waals surface area contributed by atoms with E-state index in [0.29, 0.717) is 12.5 Å². The lowest BCUT2D eigenvalue weighted by Crippen LogP contribution is -2.14. The fourth-order valence-corrected chi connectivity index (χ4v) is 2.39. The summed E-state index contributed by atoms with van der Waals surface area (Å²) in [6.45, 7) is 8.80. The van der Waals surface area contributed by atoms with Crippen LogP contribution in [0, 0.1) is 0 Å². The summed E-state index contributed by atoms with van der Waals surface area (Å²) < 4.78 is 1.84. The van der Waals surface area contributed by atoms with Gasteiger partial charge < -0.3 is 0 Å². The molecule has 0 spiro atoms. The molecule has 1 aromatic heterocycles. The van der Waals surface area contributed by atoms with E-state index in [1.54, 1.807) is 0 Å². The average Bonchev–Trinajstić information content (AvgIpc) is 2.89. The molecular weight excluding hydrogens is 260 g/mol. The lowest BCUT2D eigenvalue weighted by molar-refractivity contribution is 0.0966. The van der Waals surface area contributed by atoms with Crippen molar-refractivity contribution in [2.24, 2.45) is 0 Å². The van der Waals surface area contributed by atoms with Crippen LogP contribution >= 0.6 is 0 Å². The van der Waals surface area contributed by atoms with Crippen molar-refractivity contribution in [3.8, 4) is 0 Å². The Morgan fingerprint density at radius 2 is 1.81 bits per heavy atom. The van der Waals surface area contributed by atoms with Crippen molar-refractivity contribution in [2.75, 3.05) is 0 Å². The number of aryl methyl sites for hydroxylation is 2. The van der Waals surface area contributed by atoms with Gasteiger partial charge in [-0.1, -0.05) is 52.0 Å². The van der Waals surface area contributed by atoms with Crippen molar-refractivity contribution < 1.29 is 4.79 Å². The SMILES string of the molecule is CCc1cc(CC)n(CC(=O)c2ccc(C(C)C)cc2)n1. The van der Waals surface area contributed by atoms with Crippen molar-refractivity contribution in [1.82, 2.24) is 9.78 Å². The number of carbonyl (C=O) groups is 1. The number of aromatic nitrogens is 2. The zero-order valence-corrected chi connectivity index (χ0v) is 13.4. The topological polar surface area (TPSA) is 34.9 Å². The molecule has 0 N–H and O–H groups in total. The Morgan fingerprint density at radius 3 is 2.33 bits per heavy atom. The minimum absolute atomic E-state index is 0.116. The Morgan fingerprint density at radius 1 is 1.14 bits per heavy atom. The molecule has 112 valence electrons. The van der Waals surface area contributed by atoms with E-state index < -0.39 is 0 Å². The molecule has 0 aliphatic carbocycles. The van der Waals surface area contributed by atoms with Crippen LogP contribution in [0.5, 0.6) is 0 Å². The quantitative estimate of drug-likeness (QED) is 0.751. The van der Waals surface area contributed by atoms with Gasteiger partial charge >= 0.3 is 0 Å². The van der Waals surface area contributed by atoms with Gasteiger partial charge in [0.05, 0.1) is 5.69 Å². The third-order valence-electron chi connectivity index (χ3n) is 3.83. The molecule has 0 saturated heterocycles. The molecule has 0 aliphatic heterocycles. The molecule has 0 fully saturated rings. The van der Waals surface area contributed by atoms with Crippen LogP contribution in [-0.4, -0.2) is 15.6 Å². The second-order valence-electron chi connectivity index (χ2n) is 5.69. The second-order valence-corrected chi connectivity index (χ2v) is 5.69. The Labute approximate surface area is 127 Å². The normalized spacial score (nSPS) is 11.1. The average molecular weight is 284 g/mol. The van der Waals surface area contributed by atoms with Crippen LogP contribution in [0.3, 0.4) is 0 Å². The zero-order valence-electron chi connectivity index (χ0n) is 13.4. The highest BCUT2D eigenvalue weighted by Gasteiger charge is 2.12. The van der Waals surface area contributed by atoms with E-state index in [4.69, 9.17) is 0 Å². The molecule has 2 rings (SSSR count). The molecule has 0 radical (unpaired) electrons. The largest absolute Gasteiger partial charge is 0.292 e. The lowest BCUT2D eigenvalue weighted by atomic mass is 10.0. The Bertz CT molecular complexity index is 609. The summed E-state index contributed by atoms with van der Waals surface area (Å²) in [5, 5.41) is 4.51. The smallest absolute Gasteiger partial charge is 0.184 e. The number of benzene rings is 1. The standard InChI is InChI=1S/C18H24N2O/c1-5-16-11-17(6-2)20(19-16)12-18(21)15-9-7-14(8-10-15)13(3)4/h7-11,13H,5-6,12H2,1-4H3. The molecule has 0 unspecified atom stereocenters. The fourth-order valence-electron chi connectivity index (χ4n) is 2.39. The summed E-state index contributed by atoms with van der Waals surface area (Å²) in [4.78, 5) is 12.4. The fraction of sp³-hybridized carbons (Fsp3) is 0.444. The van der Waals surface area contributed by atoms with E-state index in [1.807, 2.05) is 28.9 Å². The highest BCUT2D eigenvalue weighted by Crippen LogP contribution is 2.15. The third kappa shape index (κ3) is 3.60. The Balaban J connectivity index is 2.15. The first-order chi connectivity index (χ1) is 10.0. The minimum atomic E-state index is 0.116. The molecule has 3 nitrogen and oxygen atoms in total. The molecule has 3 heteroatoms. The van der Waals surface area contributed by atoms with Crippen LogP contribution in [0.1, 0.15) is 60.9 Å². The van der Waals surface area contributed by atoms with Gasteiger partial charge in [0, 0.05) is 11.3 Å². The number of rotatable bonds is 6. The predicted molar refractivity (Wildman–Crippen MR) is 85.8 cm³/mol. The molecule has 0 atom stereocenters. The van der Waals surface area contributed by atoms with Gasteiger partial charge in [-0.2, -0.15) is 5.10 Å². The molecule has 0 aliphatic rings. The van der Waals surface area contributed by atoms with Crippen molar-refractivity contribution in [1.29, 1.82) is 0 Å². The molecule has 0 amide bonds. The van der Waals surface area contributed by atoms with Crippen LogP contribution in [0.4, 0.5) is 0 Å². The van der Waals surface area contributed by atoms with E-state index in [-0.39, 0.29) is 5.78 Å². The Hall–Kier alpha value is -1.90.